The van der Waals surface area contributed by atoms with Crippen molar-refractivity contribution in [1.82, 2.24) is 9.97 Å². The van der Waals surface area contributed by atoms with Gasteiger partial charge in [0.25, 0.3) is 0 Å². The Morgan fingerprint density at radius 3 is 2.69 bits per heavy atom. The third-order valence-electron chi connectivity index (χ3n) is 4.25. The first-order valence-corrected chi connectivity index (χ1v) is 10.6. The van der Waals surface area contributed by atoms with E-state index in [9.17, 15) is 4.79 Å². The first kappa shape index (κ1) is 21.3. The quantitative estimate of drug-likeness (QED) is 0.460. The summed E-state index contributed by atoms with van der Waals surface area (Å²) >= 11 is 5.17. The summed E-state index contributed by atoms with van der Waals surface area (Å²) in [6, 6.07) is 5.82. The second-order valence-corrected chi connectivity index (χ2v) is 8.21. The van der Waals surface area contributed by atoms with Crippen LogP contribution in [0.1, 0.15) is 30.1 Å². The fraction of sp³-hybridized carbons (Fsp3) is 0.350. The molecule has 2 heterocycles. The number of carbonyl (C=O) groups excluding carboxylic acids is 1. The third kappa shape index (κ3) is 5.16. The number of benzene rings is 1. The number of nitrogens with one attached hydrogen (secondary N) is 1. The van der Waals surface area contributed by atoms with E-state index in [4.69, 9.17) is 9.47 Å². The minimum atomic E-state index is -0.330. The lowest BCUT2D eigenvalue weighted by Gasteiger charge is -2.17. The maximum absolute atomic E-state index is 11.3. The first-order valence-electron chi connectivity index (χ1n) is 8.97. The lowest BCUT2D eigenvalue weighted by molar-refractivity contribution is -0.141. The van der Waals surface area contributed by atoms with Gasteiger partial charge in [0.1, 0.15) is 11.6 Å². The maximum atomic E-state index is 11.3. The van der Waals surface area contributed by atoms with Crippen molar-refractivity contribution in [3.63, 3.8) is 0 Å². The van der Waals surface area contributed by atoms with Gasteiger partial charge in [0.15, 0.2) is 11.5 Å². The van der Waals surface area contributed by atoms with Crippen LogP contribution < -0.4 is 14.8 Å². The molecule has 1 aromatic carbocycles. The summed E-state index contributed by atoms with van der Waals surface area (Å²) < 4.78 is 16.9. The summed E-state index contributed by atoms with van der Waals surface area (Å²) in [6.45, 7) is 4.12. The number of halogens is 1. The van der Waals surface area contributed by atoms with Crippen molar-refractivity contribution in [1.29, 1.82) is 0 Å². The molecular formula is C20H22BrN3O4S. The van der Waals surface area contributed by atoms with E-state index in [1.54, 1.807) is 24.5 Å². The van der Waals surface area contributed by atoms with Gasteiger partial charge in [0.2, 0.25) is 0 Å². The smallest absolute Gasteiger partial charge is 0.308 e. The van der Waals surface area contributed by atoms with Crippen molar-refractivity contribution >= 4 is 50.0 Å². The predicted octanol–water partition coefficient (Wildman–Crippen LogP) is 4.89. The topological polar surface area (TPSA) is 82.6 Å². The van der Waals surface area contributed by atoms with Gasteiger partial charge in [-0.1, -0.05) is 0 Å². The molecule has 3 rings (SSSR count). The average molecular weight is 480 g/mol. The van der Waals surface area contributed by atoms with Gasteiger partial charge in [-0.3, -0.25) is 4.79 Å². The number of hydrogen-bond acceptors (Lipinski definition) is 8. The Hall–Kier alpha value is -2.39. The molecule has 0 aliphatic rings. The minimum absolute atomic E-state index is 0.0748. The van der Waals surface area contributed by atoms with Crippen LogP contribution >= 0.6 is 27.3 Å². The highest BCUT2D eigenvalue weighted by Gasteiger charge is 2.16. The van der Waals surface area contributed by atoms with Crippen LogP contribution in [0.15, 0.2) is 28.1 Å². The van der Waals surface area contributed by atoms with E-state index in [0.717, 1.165) is 21.2 Å². The molecule has 0 spiro atoms. The molecular weight excluding hydrogens is 458 g/mol. The SMILES string of the molecule is COC(=O)CCOc1cc2nc(C)nc(N[C@H](C)c3cc(Br)cs3)c2cc1OC. The van der Waals surface area contributed by atoms with Crippen LogP contribution in [0.25, 0.3) is 10.9 Å². The van der Waals surface area contributed by atoms with E-state index >= 15 is 0 Å². The molecule has 154 valence electrons. The number of fused-ring (bicyclic) bond motifs is 1. The molecule has 0 radical (unpaired) electrons. The largest absolute Gasteiger partial charge is 0.493 e. The summed E-state index contributed by atoms with van der Waals surface area (Å²) in [5.74, 6) is 2.10. The molecule has 9 heteroatoms. The van der Waals surface area contributed by atoms with Crippen molar-refractivity contribution in [2.24, 2.45) is 0 Å². The van der Waals surface area contributed by atoms with Crippen LogP contribution in [0.3, 0.4) is 0 Å². The van der Waals surface area contributed by atoms with E-state index < -0.39 is 0 Å². The number of carbonyl (C=O) groups is 1. The Labute approximate surface area is 181 Å². The molecule has 2 aromatic heterocycles. The second kappa shape index (κ2) is 9.41. The summed E-state index contributed by atoms with van der Waals surface area (Å²) in [6.07, 6.45) is 0.154. The van der Waals surface area contributed by atoms with Gasteiger partial charge in [0, 0.05) is 26.2 Å². The van der Waals surface area contributed by atoms with Gasteiger partial charge in [-0.15, -0.1) is 11.3 Å². The molecule has 29 heavy (non-hydrogen) atoms. The molecule has 1 atom stereocenters. The van der Waals surface area contributed by atoms with E-state index in [2.05, 4.69) is 54.3 Å². The zero-order valence-electron chi connectivity index (χ0n) is 16.6. The van der Waals surface area contributed by atoms with Crippen LogP contribution in [0.5, 0.6) is 11.5 Å². The number of rotatable bonds is 8. The Morgan fingerprint density at radius 1 is 1.24 bits per heavy atom. The zero-order valence-corrected chi connectivity index (χ0v) is 19.0. The summed E-state index contributed by atoms with van der Waals surface area (Å²) in [7, 11) is 2.92. The average Bonchev–Trinajstić information content (AvgIpc) is 3.13. The highest BCUT2D eigenvalue weighted by molar-refractivity contribution is 9.10. The molecule has 0 aliphatic heterocycles. The Morgan fingerprint density at radius 2 is 2.03 bits per heavy atom. The van der Waals surface area contributed by atoms with Gasteiger partial charge in [-0.05, 0) is 41.9 Å². The van der Waals surface area contributed by atoms with Crippen LogP contribution in [-0.4, -0.2) is 36.8 Å². The Bertz CT molecular complexity index is 1020. The first-order chi connectivity index (χ1) is 13.9. The minimum Gasteiger partial charge on any atom is -0.493 e. The molecule has 0 aliphatic carbocycles. The Kier molecular flexibility index (Phi) is 6.92. The van der Waals surface area contributed by atoms with E-state index in [-0.39, 0.29) is 25.0 Å². The third-order valence-corrected chi connectivity index (χ3v) is 6.13. The summed E-state index contributed by atoms with van der Waals surface area (Å²) in [4.78, 5) is 21.6. The highest BCUT2D eigenvalue weighted by Crippen LogP contribution is 2.36. The monoisotopic (exact) mass is 479 g/mol. The van der Waals surface area contributed by atoms with Crippen LogP contribution in [0, 0.1) is 6.92 Å². The summed E-state index contributed by atoms with van der Waals surface area (Å²) in [5.41, 5.74) is 0.730. The van der Waals surface area contributed by atoms with Gasteiger partial charge >= 0.3 is 5.97 Å². The van der Waals surface area contributed by atoms with E-state index in [1.807, 2.05) is 13.0 Å². The van der Waals surface area contributed by atoms with E-state index in [0.29, 0.717) is 17.3 Å². The van der Waals surface area contributed by atoms with Gasteiger partial charge in [-0.2, -0.15) is 0 Å². The van der Waals surface area contributed by atoms with E-state index in [1.165, 1.54) is 12.0 Å². The number of aryl methyl sites for hydroxylation is 1. The van der Waals surface area contributed by atoms with Crippen molar-refractivity contribution < 1.29 is 19.0 Å². The summed E-state index contributed by atoms with van der Waals surface area (Å²) in [5, 5.41) is 6.36. The van der Waals surface area contributed by atoms with Crippen molar-refractivity contribution in [2.75, 3.05) is 26.1 Å². The molecule has 3 aromatic rings. The fourth-order valence-corrected chi connectivity index (χ4v) is 4.27. The van der Waals surface area contributed by atoms with Crippen LogP contribution in [0.4, 0.5) is 5.82 Å². The van der Waals surface area contributed by atoms with Gasteiger partial charge < -0.3 is 19.5 Å². The lowest BCUT2D eigenvalue weighted by atomic mass is 10.2. The van der Waals surface area contributed by atoms with Crippen LogP contribution in [0.2, 0.25) is 0 Å². The number of hydrogen-bond donors (Lipinski definition) is 1. The molecule has 0 bridgehead atoms. The molecule has 0 fully saturated rings. The molecule has 0 saturated heterocycles. The Balaban J connectivity index is 1.91. The van der Waals surface area contributed by atoms with Crippen molar-refractivity contribution in [3.8, 4) is 11.5 Å². The van der Waals surface area contributed by atoms with Crippen LogP contribution in [-0.2, 0) is 9.53 Å². The number of thiophene rings is 1. The lowest BCUT2D eigenvalue weighted by Crippen LogP contribution is -2.09. The highest BCUT2D eigenvalue weighted by atomic mass is 79.9. The fourth-order valence-electron chi connectivity index (χ4n) is 2.81. The molecule has 7 nitrogen and oxygen atoms in total. The number of ether oxygens (including phenoxy) is 3. The number of methoxy groups -OCH3 is 2. The van der Waals surface area contributed by atoms with Crippen molar-refractivity contribution in [3.05, 3.63) is 38.8 Å². The number of nitrogens with zero attached hydrogens (tertiary/aromatic N) is 2. The predicted molar refractivity (Wildman–Crippen MR) is 117 cm³/mol. The molecule has 0 amide bonds. The van der Waals surface area contributed by atoms with Crippen molar-refractivity contribution in [2.45, 2.75) is 26.3 Å². The van der Waals surface area contributed by atoms with Gasteiger partial charge in [-0.25, -0.2) is 9.97 Å². The second-order valence-electron chi connectivity index (χ2n) is 6.35. The standard InChI is InChI=1S/C20H22BrN3O4S/c1-11(18-7-13(21)10-29-18)22-20-14-8-16(26-3)17(28-6-5-19(25)27-4)9-15(14)23-12(2)24-20/h7-11H,5-6H2,1-4H3,(H,22,23,24)/t11-/m1/s1. The zero-order chi connectivity index (χ0) is 21.0. The number of aromatic nitrogens is 2. The molecule has 0 unspecified atom stereocenters. The number of anilines is 1. The number of esters is 1. The molecule has 0 saturated carbocycles. The van der Waals surface area contributed by atoms with Gasteiger partial charge in [0.05, 0.1) is 38.8 Å². The normalized spacial score (nSPS) is 11.9. The maximum Gasteiger partial charge on any atom is 0.308 e. The molecule has 1 N–H and O–H groups in total.